The summed E-state index contributed by atoms with van der Waals surface area (Å²) in [5.74, 6) is 1.36. The van der Waals surface area contributed by atoms with Crippen molar-refractivity contribution in [3.8, 4) is 0 Å². The van der Waals surface area contributed by atoms with E-state index in [-0.39, 0.29) is 0 Å². The molecular weight excluding hydrogens is 176 g/mol. The molecule has 1 aliphatic carbocycles. The van der Waals surface area contributed by atoms with E-state index in [2.05, 4.69) is 6.92 Å². The summed E-state index contributed by atoms with van der Waals surface area (Å²) >= 11 is 0. The van der Waals surface area contributed by atoms with Gasteiger partial charge < -0.3 is 9.52 Å². The van der Waals surface area contributed by atoms with Gasteiger partial charge in [-0.05, 0) is 30.9 Å². The minimum absolute atomic E-state index is 0.451. The van der Waals surface area contributed by atoms with Crippen molar-refractivity contribution >= 4 is 0 Å². The van der Waals surface area contributed by atoms with E-state index >= 15 is 0 Å². The average molecular weight is 194 g/mol. The Morgan fingerprint density at radius 1 is 1.64 bits per heavy atom. The van der Waals surface area contributed by atoms with Gasteiger partial charge in [-0.15, -0.1) is 0 Å². The fourth-order valence-corrected chi connectivity index (χ4v) is 2.66. The summed E-state index contributed by atoms with van der Waals surface area (Å²) in [6.45, 7) is 2.16. The Labute approximate surface area is 84.9 Å². The predicted octanol–water partition coefficient (Wildman–Crippen LogP) is 2.76. The molecule has 2 rings (SSSR count). The number of furan rings is 1. The monoisotopic (exact) mass is 194 g/mol. The van der Waals surface area contributed by atoms with Crippen LogP contribution in [0.3, 0.4) is 0 Å². The Morgan fingerprint density at radius 3 is 3.14 bits per heavy atom. The van der Waals surface area contributed by atoms with Crippen molar-refractivity contribution < 1.29 is 9.52 Å². The van der Waals surface area contributed by atoms with Crippen LogP contribution >= 0.6 is 0 Å². The van der Waals surface area contributed by atoms with Gasteiger partial charge in [-0.3, -0.25) is 0 Å². The van der Waals surface area contributed by atoms with Gasteiger partial charge in [-0.1, -0.05) is 19.8 Å². The zero-order valence-electron chi connectivity index (χ0n) is 8.70. The highest BCUT2D eigenvalue weighted by Crippen LogP contribution is 2.39. The molecule has 1 heterocycles. The van der Waals surface area contributed by atoms with Crippen molar-refractivity contribution in [3.63, 3.8) is 0 Å². The first-order valence-corrected chi connectivity index (χ1v) is 5.49. The van der Waals surface area contributed by atoms with Crippen LogP contribution in [-0.4, -0.2) is 10.7 Å². The van der Waals surface area contributed by atoms with Crippen LogP contribution in [-0.2, 0) is 6.42 Å². The molecule has 1 aromatic rings. The zero-order valence-corrected chi connectivity index (χ0v) is 8.70. The zero-order chi connectivity index (χ0) is 10.0. The normalized spacial score (nSPS) is 32.3. The number of aliphatic hydroxyl groups is 1. The molecule has 1 aliphatic rings. The summed E-state index contributed by atoms with van der Waals surface area (Å²) in [6.07, 6.45) is 6.65. The molecule has 2 heteroatoms. The van der Waals surface area contributed by atoms with E-state index in [1.54, 1.807) is 6.26 Å². The van der Waals surface area contributed by atoms with Crippen LogP contribution < -0.4 is 0 Å². The Balaban J connectivity index is 2.08. The van der Waals surface area contributed by atoms with Crippen LogP contribution in [0.4, 0.5) is 0 Å². The molecule has 0 aliphatic heterocycles. The topological polar surface area (TPSA) is 33.4 Å². The summed E-state index contributed by atoms with van der Waals surface area (Å²) in [7, 11) is 0. The second-order valence-corrected chi connectivity index (χ2v) is 4.36. The Morgan fingerprint density at radius 2 is 2.50 bits per heavy atom. The summed E-state index contributed by atoms with van der Waals surface area (Å²) in [4.78, 5) is 0. The summed E-state index contributed by atoms with van der Waals surface area (Å²) < 4.78 is 5.29. The molecule has 1 saturated carbocycles. The largest absolute Gasteiger partial charge is 0.469 e. The van der Waals surface area contributed by atoms with Crippen molar-refractivity contribution in [2.24, 2.45) is 5.92 Å². The highest BCUT2D eigenvalue weighted by Gasteiger charge is 2.40. The molecule has 2 nitrogen and oxygen atoms in total. The Hall–Kier alpha value is -0.760. The van der Waals surface area contributed by atoms with E-state index in [9.17, 15) is 5.11 Å². The van der Waals surface area contributed by atoms with Crippen LogP contribution in [0.5, 0.6) is 0 Å². The fraction of sp³-hybridized carbons (Fsp3) is 0.667. The highest BCUT2D eigenvalue weighted by atomic mass is 16.3. The predicted molar refractivity (Wildman–Crippen MR) is 55.0 cm³/mol. The molecule has 78 valence electrons. The molecule has 0 amide bonds. The standard InChI is InChI=1S/C12H18O2/c1-2-10-5-3-7-12(10,13)9-11-6-4-8-14-11/h4,6,8,10,13H,2-3,5,7,9H2,1H3. The molecule has 1 aromatic heterocycles. The maximum atomic E-state index is 10.5. The minimum atomic E-state index is -0.507. The van der Waals surface area contributed by atoms with Gasteiger partial charge in [0.05, 0.1) is 11.9 Å². The van der Waals surface area contributed by atoms with Crippen LogP contribution in [0.25, 0.3) is 0 Å². The molecule has 0 spiro atoms. The molecule has 1 N–H and O–H groups in total. The molecule has 0 bridgehead atoms. The fourth-order valence-electron chi connectivity index (χ4n) is 2.66. The quantitative estimate of drug-likeness (QED) is 0.802. The highest BCUT2D eigenvalue weighted by molar-refractivity contribution is 5.06. The summed E-state index contributed by atoms with van der Waals surface area (Å²) in [6, 6.07) is 3.83. The van der Waals surface area contributed by atoms with E-state index in [1.807, 2.05) is 12.1 Å². The lowest BCUT2D eigenvalue weighted by atomic mass is 9.85. The van der Waals surface area contributed by atoms with Gasteiger partial charge in [0.2, 0.25) is 0 Å². The van der Waals surface area contributed by atoms with Crippen molar-refractivity contribution in [2.75, 3.05) is 0 Å². The third kappa shape index (κ3) is 1.71. The van der Waals surface area contributed by atoms with Crippen LogP contribution in [0.1, 0.15) is 38.4 Å². The lowest BCUT2D eigenvalue weighted by Gasteiger charge is -2.28. The number of rotatable bonds is 3. The van der Waals surface area contributed by atoms with Gasteiger partial charge in [0, 0.05) is 6.42 Å². The molecule has 2 atom stereocenters. The summed E-state index contributed by atoms with van der Waals surface area (Å²) in [5.41, 5.74) is -0.507. The second-order valence-electron chi connectivity index (χ2n) is 4.36. The smallest absolute Gasteiger partial charge is 0.106 e. The van der Waals surface area contributed by atoms with E-state index in [0.717, 1.165) is 31.4 Å². The molecular formula is C12H18O2. The third-order valence-electron chi connectivity index (χ3n) is 3.48. The van der Waals surface area contributed by atoms with E-state index in [0.29, 0.717) is 12.3 Å². The Bertz CT molecular complexity index is 279. The van der Waals surface area contributed by atoms with Crippen molar-refractivity contribution in [1.29, 1.82) is 0 Å². The van der Waals surface area contributed by atoms with E-state index < -0.39 is 5.60 Å². The maximum Gasteiger partial charge on any atom is 0.106 e. The SMILES string of the molecule is CCC1CCCC1(O)Cc1ccco1. The lowest BCUT2D eigenvalue weighted by molar-refractivity contribution is -0.00272. The van der Waals surface area contributed by atoms with Gasteiger partial charge in [0.25, 0.3) is 0 Å². The molecule has 1 fully saturated rings. The van der Waals surface area contributed by atoms with Crippen LogP contribution in [0.15, 0.2) is 22.8 Å². The van der Waals surface area contributed by atoms with Gasteiger partial charge in [-0.25, -0.2) is 0 Å². The van der Waals surface area contributed by atoms with E-state index in [1.165, 1.54) is 0 Å². The number of hydrogen-bond donors (Lipinski definition) is 1. The van der Waals surface area contributed by atoms with Crippen molar-refractivity contribution in [2.45, 2.75) is 44.6 Å². The third-order valence-corrected chi connectivity index (χ3v) is 3.48. The molecule has 0 saturated heterocycles. The second kappa shape index (κ2) is 3.77. The van der Waals surface area contributed by atoms with Gasteiger partial charge in [0.15, 0.2) is 0 Å². The molecule has 2 unspecified atom stereocenters. The Kier molecular flexibility index (Phi) is 2.64. The molecule has 14 heavy (non-hydrogen) atoms. The van der Waals surface area contributed by atoms with E-state index in [4.69, 9.17) is 4.42 Å². The van der Waals surface area contributed by atoms with Crippen molar-refractivity contribution in [3.05, 3.63) is 24.2 Å². The van der Waals surface area contributed by atoms with Gasteiger partial charge in [-0.2, -0.15) is 0 Å². The van der Waals surface area contributed by atoms with Crippen LogP contribution in [0.2, 0.25) is 0 Å². The maximum absolute atomic E-state index is 10.5. The van der Waals surface area contributed by atoms with Crippen LogP contribution in [0, 0.1) is 5.92 Å². The van der Waals surface area contributed by atoms with Gasteiger partial charge >= 0.3 is 0 Å². The first-order valence-electron chi connectivity index (χ1n) is 5.49. The number of hydrogen-bond acceptors (Lipinski definition) is 2. The molecule has 0 aromatic carbocycles. The first kappa shape index (κ1) is 9.78. The summed E-state index contributed by atoms with van der Waals surface area (Å²) in [5, 5.41) is 10.5. The minimum Gasteiger partial charge on any atom is -0.469 e. The van der Waals surface area contributed by atoms with Gasteiger partial charge in [0.1, 0.15) is 5.76 Å². The van der Waals surface area contributed by atoms with Crippen molar-refractivity contribution in [1.82, 2.24) is 0 Å². The first-order chi connectivity index (χ1) is 6.74. The molecule has 0 radical (unpaired) electrons. The average Bonchev–Trinajstić information content (AvgIpc) is 2.75. The lowest BCUT2D eigenvalue weighted by Crippen LogP contribution is -2.35.